The zero-order valence-corrected chi connectivity index (χ0v) is 8.84. The van der Waals surface area contributed by atoms with Gasteiger partial charge in [-0.05, 0) is 12.6 Å². The Morgan fingerprint density at radius 2 is 2.36 bits per heavy atom. The standard InChI is InChI=1S/C12H17NO/c1-4-7-11(13-6-3)10-8-9-14-12(10)5-2/h1,8-9,11,13H,5-7H2,2-3H3. The van der Waals surface area contributed by atoms with Crippen LogP contribution in [0.5, 0.6) is 0 Å². The molecule has 76 valence electrons. The minimum Gasteiger partial charge on any atom is -0.469 e. The van der Waals surface area contributed by atoms with Crippen LogP contribution in [-0.2, 0) is 6.42 Å². The highest BCUT2D eigenvalue weighted by atomic mass is 16.3. The third-order valence-electron chi connectivity index (χ3n) is 2.25. The molecular formula is C12H17NO. The normalized spacial score (nSPS) is 12.4. The van der Waals surface area contributed by atoms with E-state index in [2.05, 4.69) is 25.1 Å². The Morgan fingerprint density at radius 3 is 2.93 bits per heavy atom. The first-order valence-corrected chi connectivity index (χ1v) is 5.06. The summed E-state index contributed by atoms with van der Waals surface area (Å²) in [5, 5.41) is 3.36. The largest absolute Gasteiger partial charge is 0.469 e. The summed E-state index contributed by atoms with van der Waals surface area (Å²) in [5.41, 5.74) is 1.20. The molecule has 14 heavy (non-hydrogen) atoms. The van der Waals surface area contributed by atoms with Crippen molar-refractivity contribution in [2.75, 3.05) is 6.54 Å². The van der Waals surface area contributed by atoms with Crippen molar-refractivity contribution in [3.63, 3.8) is 0 Å². The lowest BCUT2D eigenvalue weighted by Crippen LogP contribution is -2.20. The van der Waals surface area contributed by atoms with E-state index in [0.29, 0.717) is 6.42 Å². The fraction of sp³-hybridized carbons (Fsp3) is 0.500. The Kier molecular flexibility index (Phi) is 4.28. The molecule has 0 spiro atoms. The molecule has 2 heteroatoms. The lowest BCUT2D eigenvalue weighted by molar-refractivity contribution is 0.491. The van der Waals surface area contributed by atoms with Crippen LogP contribution in [-0.4, -0.2) is 6.54 Å². The number of hydrogen-bond acceptors (Lipinski definition) is 2. The fourth-order valence-electron chi connectivity index (χ4n) is 1.60. The van der Waals surface area contributed by atoms with Gasteiger partial charge in [0.2, 0.25) is 0 Å². The molecule has 1 N–H and O–H groups in total. The van der Waals surface area contributed by atoms with Crippen molar-refractivity contribution in [3.05, 3.63) is 23.7 Å². The topological polar surface area (TPSA) is 25.2 Å². The van der Waals surface area contributed by atoms with Gasteiger partial charge in [-0.3, -0.25) is 0 Å². The maximum atomic E-state index is 5.38. The SMILES string of the molecule is C#CCC(NCC)c1ccoc1CC. The van der Waals surface area contributed by atoms with Crippen LogP contribution in [0.1, 0.15) is 37.6 Å². The molecule has 1 heterocycles. The second-order valence-corrected chi connectivity index (χ2v) is 3.17. The van der Waals surface area contributed by atoms with Crippen molar-refractivity contribution in [2.24, 2.45) is 0 Å². The fourth-order valence-corrected chi connectivity index (χ4v) is 1.60. The second-order valence-electron chi connectivity index (χ2n) is 3.17. The first kappa shape index (κ1) is 10.9. The molecule has 0 saturated carbocycles. The zero-order valence-electron chi connectivity index (χ0n) is 8.84. The van der Waals surface area contributed by atoms with E-state index in [1.165, 1.54) is 5.56 Å². The molecule has 0 aliphatic heterocycles. The van der Waals surface area contributed by atoms with Crippen LogP contribution < -0.4 is 5.32 Å². The molecule has 0 aromatic carbocycles. The molecule has 2 nitrogen and oxygen atoms in total. The van der Waals surface area contributed by atoms with Crippen LogP contribution in [0.15, 0.2) is 16.7 Å². The van der Waals surface area contributed by atoms with Crippen molar-refractivity contribution in [2.45, 2.75) is 32.7 Å². The number of hydrogen-bond donors (Lipinski definition) is 1. The number of aryl methyl sites for hydroxylation is 1. The van der Waals surface area contributed by atoms with E-state index in [0.717, 1.165) is 18.7 Å². The highest BCUT2D eigenvalue weighted by Gasteiger charge is 2.14. The summed E-state index contributed by atoms with van der Waals surface area (Å²) in [6, 6.07) is 2.24. The Labute approximate surface area is 85.7 Å². The van der Waals surface area contributed by atoms with E-state index in [1.807, 2.05) is 6.07 Å². The van der Waals surface area contributed by atoms with E-state index in [9.17, 15) is 0 Å². The van der Waals surface area contributed by atoms with Gasteiger partial charge >= 0.3 is 0 Å². The average molecular weight is 191 g/mol. The van der Waals surface area contributed by atoms with Gasteiger partial charge in [0.05, 0.1) is 6.26 Å². The summed E-state index contributed by atoms with van der Waals surface area (Å²) in [6.07, 6.45) is 8.69. The molecule has 0 radical (unpaired) electrons. The molecule has 1 aromatic rings. The summed E-state index contributed by atoms with van der Waals surface area (Å²) >= 11 is 0. The van der Waals surface area contributed by atoms with Gasteiger partial charge in [0, 0.05) is 24.4 Å². The number of terminal acetylenes is 1. The number of rotatable bonds is 5. The minimum atomic E-state index is 0.235. The van der Waals surface area contributed by atoms with Gasteiger partial charge in [0.1, 0.15) is 5.76 Å². The van der Waals surface area contributed by atoms with Crippen LogP contribution in [0.25, 0.3) is 0 Å². The van der Waals surface area contributed by atoms with Gasteiger partial charge in [-0.2, -0.15) is 0 Å². The number of furan rings is 1. The predicted octanol–water partition coefficient (Wildman–Crippen LogP) is 2.52. The molecule has 0 aliphatic carbocycles. The first-order chi connectivity index (χ1) is 6.83. The van der Waals surface area contributed by atoms with E-state index in [4.69, 9.17) is 10.8 Å². The first-order valence-electron chi connectivity index (χ1n) is 5.06. The average Bonchev–Trinajstić information content (AvgIpc) is 2.65. The summed E-state index contributed by atoms with van der Waals surface area (Å²) in [7, 11) is 0. The molecule has 0 amide bonds. The molecule has 0 fully saturated rings. The third-order valence-corrected chi connectivity index (χ3v) is 2.25. The molecule has 1 unspecified atom stereocenters. The quantitative estimate of drug-likeness (QED) is 0.723. The lowest BCUT2D eigenvalue weighted by Gasteiger charge is -2.14. The monoisotopic (exact) mass is 191 g/mol. The third kappa shape index (κ3) is 2.40. The zero-order chi connectivity index (χ0) is 10.4. The maximum absolute atomic E-state index is 5.38. The van der Waals surface area contributed by atoms with Gasteiger partial charge in [0.25, 0.3) is 0 Å². The Hall–Kier alpha value is -1.20. The molecule has 1 atom stereocenters. The van der Waals surface area contributed by atoms with Crippen molar-refractivity contribution < 1.29 is 4.42 Å². The molecule has 1 aromatic heterocycles. The van der Waals surface area contributed by atoms with E-state index < -0.39 is 0 Å². The smallest absolute Gasteiger partial charge is 0.108 e. The summed E-state index contributed by atoms with van der Waals surface area (Å²) in [4.78, 5) is 0. The van der Waals surface area contributed by atoms with Gasteiger partial charge < -0.3 is 9.73 Å². The Bertz CT molecular complexity index is 308. The van der Waals surface area contributed by atoms with Crippen LogP contribution in [0.3, 0.4) is 0 Å². The van der Waals surface area contributed by atoms with Crippen LogP contribution in [0.4, 0.5) is 0 Å². The van der Waals surface area contributed by atoms with Crippen molar-refractivity contribution in [1.29, 1.82) is 0 Å². The Morgan fingerprint density at radius 1 is 1.57 bits per heavy atom. The van der Waals surface area contributed by atoms with Crippen molar-refractivity contribution >= 4 is 0 Å². The second kappa shape index (κ2) is 5.51. The van der Waals surface area contributed by atoms with Gasteiger partial charge in [-0.25, -0.2) is 0 Å². The Balaban J connectivity index is 2.81. The molecule has 0 aliphatic rings. The molecule has 0 saturated heterocycles. The van der Waals surface area contributed by atoms with Crippen molar-refractivity contribution in [3.8, 4) is 12.3 Å². The highest BCUT2D eigenvalue weighted by molar-refractivity contribution is 5.22. The van der Waals surface area contributed by atoms with Gasteiger partial charge in [-0.15, -0.1) is 12.3 Å². The molecule has 1 rings (SSSR count). The van der Waals surface area contributed by atoms with Crippen LogP contribution in [0, 0.1) is 12.3 Å². The van der Waals surface area contributed by atoms with Crippen LogP contribution in [0.2, 0.25) is 0 Å². The molecular weight excluding hydrogens is 174 g/mol. The minimum absolute atomic E-state index is 0.235. The predicted molar refractivity (Wildman–Crippen MR) is 58.0 cm³/mol. The summed E-state index contributed by atoms with van der Waals surface area (Å²) in [5.74, 6) is 3.72. The summed E-state index contributed by atoms with van der Waals surface area (Å²) < 4.78 is 5.38. The molecule has 0 bridgehead atoms. The highest BCUT2D eigenvalue weighted by Crippen LogP contribution is 2.22. The number of nitrogens with one attached hydrogen (secondary N) is 1. The lowest BCUT2D eigenvalue weighted by atomic mass is 10.0. The van der Waals surface area contributed by atoms with Gasteiger partial charge in [-0.1, -0.05) is 13.8 Å². The van der Waals surface area contributed by atoms with Crippen LogP contribution >= 0.6 is 0 Å². The summed E-state index contributed by atoms with van der Waals surface area (Å²) in [6.45, 7) is 5.08. The van der Waals surface area contributed by atoms with Crippen molar-refractivity contribution in [1.82, 2.24) is 5.32 Å². The van der Waals surface area contributed by atoms with E-state index in [1.54, 1.807) is 6.26 Å². The van der Waals surface area contributed by atoms with E-state index >= 15 is 0 Å². The maximum Gasteiger partial charge on any atom is 0.108 e. The van der Waals surface area contributed by atoms with Gasteiger partial charge in [0.15, 0.2) is 0 Å². The van der Waals surface area contributed by atoms with E-state index in [-0.39, 0.29) is 6.04 Å².